The first-order chi connectivity index (χ1) is 9.91. The molecular weight excluding hydrogens is 297 g/mol. The van der Waals surface area contributed by atoms with Gasteiger partial charge in [-0.05, 0) is 12.1 Å². The molecule has 6 heteroatoms. The van der Waals surface area contributed by atoms with Crippen LogP contribution in [0.3, 0.4) is 0 Å². The van der Waals surface area contributed by atoms with Crippen LogP contribution in [-0.2, 0) is 16.0 Å². The number of hydrogen-bond acceptors (Lipinski definition) is 3. The summed E-state index contributed by atoms with van der Waals surface area (Å²) in [6, 6.07) is 4.33. The number of amides is 1. The van der Waals surface area contributed by atoms with Gasteiger partial charge in [-0.15, -0.1) is 0 Å². The fraction of sp³-hybridized carbons (Fsp3) is 0.533. The Morgan fingerprint density at radius 1 is 1.48 bits per heavy atom. The molecular formula is C15H19ClFNO3. The molecule has 0 aliphatic carbocycles. The van der Waals surface area contributed by atoms with Crippen molar-refractivity contribution in [3.05, 3.63) is 34.6 Å². The first-order valence-electron chi connectivity index (χ1n) is 6.88. The van der Waals surface area contributed by atoms with Crippen LogP contribution in [0.1, 0.15) is 18.4 Å². The number of ether oxygens (including phenoxy) is 1. The van der Waals surface area contributed by atoms with Crippen LogP contribution in [0.5, 0.6) is 0 Å². The van der Waals surface area contributed by atoms with Crippen molar-refractivity contribution in [3.63, 3.8) is 0 Å². The van der Waals surface area contributed by atoms with E-state index in [1.807, 2.05) is 0 Å². The Bertz CT molecular complexity index is 497. The third-order valence-corrected chi connectivity index (χ3v) is 4.12. The molecule has 1 aromatic rings. The molecule has 116 valence electrons. The molecule has 0 saturated carbocycles. The minimum absolute atomic E-state index is 0.116. The maximum atomic E-state index is 13.7. The van der Waals surface area contributed by atoms with Gasteiger partial charge in [0.1, 0.15) is 5.82 Å². The van der Waals surface area contributed by atoms with E-state index in [4.69, 9.17) is 16.3 Å². The number of aliphatic hydroxyl groups is 1. The van der Waals surface area contributed by atoms with Crippen LogP contribution in [0.4, 0.5) is 4.39 Å². The van der Waals surface area contributed by atoms with E-state index < -0.39 is 11.4 Å². The lowest BCUT2D eigenvalue weighted by atomic mass is 9.94. The zero-order chi connectivity index (χ0) is 15.5. The lowest BCUT2D eigenvalue weighted by Gasteiger charge is -2.35. The number of rotatable bonds is 4. The predicted molar refractivity (Wildman–Crippen MR) is 77.8 cm³/mol. The number of benzene rings is 1. The van der Waals surface area contributed by atoms with Crippen molar-refractivity contribution in [3.8, 4) is 0 Å². The molecule has 4 nitrogen and oxygen atoms in total. The van der Waals surface area contributed by atoms with E-state index in [-0.39, 0.29) is 29.5 Å². The average Bonchev–Trinajstić information content (AvgIpc) is 2.43. The number of nitrogens with zero attached hydrogens (tertiary/aromatic N) is 1. The average molecular weight is 316 g/mol. The second kappa shape index (κ2) is 6.73. The Labute approximate surface area is 128 Å². The van der Waals surface area contributed by atoms with E-state index >= 15 is 0 Å². The van der Waals surface area contributed by atoms with E-state index in [0.717, 1.165) is 0 Å². The summed E-state index contributed by atoms with van der Waals surface area (Å²) in [5, 5.41) is 10.6. The van der Waals surface area contributed by atoms with Crippen molar-refractivity contribution in [2.24, 2.45) is 0 Å². The van der Waals surface area contributed by atoms with Gasteiger partial charge >= 0.3 is 0 Å². The molecule has 1 saturated heterocycles. The van der Waals surface area contributed by atoms with Crippen molar-refractivity contribution >= 4 is 17.5 Å². The van der Waals surface area contributed by atoms with E-state index in [9.17, 15) is 14.3 Å². The van der Waals surface area contributed by atoms with Crippen LogP contribution < -0.4 is 0 Å². The highest BCUT2D eigenvalue weighted by Crippen LogP contribution is 2.23. The van der Waals surface area contributed by atoms with Crippen LogP contribution in [0.15, 0.2) is 18.2 Å². The van der Waals surface area contributed by atoms with Gasteiger partial charge in [-0.1, -0.05) is 17.7 Å². The van der Waals surface area contributed by atoms with E-state index in [2.05, 4.69) is 0 Å². The molecule has 1 aromatic carbocycles. The third kappa shape index (κ3) is 4.15. The summed E-state index contributed by atoms with van der Waals surface area (Å²) < 4.78 is 18.9. The molecule has 0 radical (unpaired) electrons. The molecule has 0 unspecified atom stereocenters. The largest absolute Gasteiger partial charge is 0.388 e. The van der Waals surface area contributed by atoms with Crippen molar-refractivity contribution < 1.29 is 19.0 Å². The van der Waals surface area contributed by atoms with Crippen LogP contribution >= 0.6 is 11.6 Å². The van der Waals surface area contributed by atoms with Gasteiger partial charge in [-0.2, -0.15) is 0 Å². The van der Waals surface area contributed by atoms with Gasteiger partial charge in [0.15, 0.2) is 0 Å². The topological polar surface area (TPSA) is 49.8 Å². The van der Waals surface area contributed by atoms with E-state index in [0.29, 0.717) is 26.1 Å². The van der Waals surface area contributed by atoms with E-state index in [1.54, 1.807) is 13.1 Å². The van der Waals surface area contributed by atoms with Gasteiger partial charge in [-0.25, -0.2) is 4.39 Å². The first-order valence-corrected chi connectivity index (χ1v) is 7.26. The summed E-state index contributed by atoms with van der Waals surface area (Å²) in [5.41, 5.74) is -0.739. The molecule has 0 atom stereocenters. The Balaban J connectivity index is 1.99. The van der Waals surface area contributed by atoms with Crippen molar-refractivity contribution in [1.82, 2.24) is 4.90 Å². The molecule has 1 fully saturated rings. The molecule has 0 aromatic heterocycles. The Hall–Kier alpha value is -1.17. The lowest BCUT2D eigenvalue weighted by molar-refractivity contribution is -0.136. The summed E-state index contributed by atoms with van der Waals surface area (Å²) in [7, 11) is 1.60. The smallest absolute Gasteiger partial charge is 0.226 e. The number of likely N-dealkylation sites (N-methyl/N-ethyl adjacent to an activating group) is 1. The second-order valence-corrected chi connectivity index (χ2v) is 5.87. The number of carbonyl (C=O) groups excluding carboxylic acids is 1. The molecule has 21 heavy (non-hydrogen) atoms. The SMILES string of the molecule is CN(CC1(O)CCOCC1)C(=O)Cc1c(F)cccc1Cl. The summed E-state index contributed by atoms with van der Waals surface area (Å²) >= 11 is 5.92. The summed E-state index contributed by atoms with van der Waals surface area (Å²) in [4.78, 5) is 13.6. The summed E-state index contributed by atoms with van der Waals surface area (Å²) in [6.45, 7) is 1.18. The normalized spacial score (nSPS) is 17.5. The van der Waals surface area contributed by atoms with Gasteiger partial charge in [0.2, 0.25) is 5.91 Å². The van der Waals surface area contributed by atoms with Gasteiger partial charge in [-0.3, -0.25) is 4.79 Å². The third-order valence-electron chi connectivity index (χ3n) is 3.77. The molecule has 1 N–H and O–H groups in total. The Morgan fingerprint density at radius 3 is 2.76 bits per heavy atom. The minimum Gasteiger partial charge on any atom is -0.388 e. The molecule has 1 aliphatic rings. The number of carbonyl (C=O) groups is 1. The molecule has 0 spiro atoms. The van der Waals surface area contributed by atoms with Crippen LogP contribution in [0.2, 0.25) is 5.02 Å². The number of hydrogen-bond donors (Lipinski definition) is 1. The fourth-order valence-electron chi connectivity index (χ4n) is 2.43. The molecule has 1 amide bonds. The van der Waals surface area contributed by atoms with Crippen LogP contribution in [0, 0.1) is 5.82 Å². The Kier molecular flexibility index (Phi) is 5.19. The van der Waals surface area contributed by atoms with E-state index in [1.165, 1.54) is 17.0 Å². The highest BCUT2D eigenvalue weighted by molar-refractivity contribution is 6.31. The summed E-state index contributed by atoms with van der Waals surface area (Å²) in [6.07, 6.45) is 0.866. The highest BCUT2D eigenvalue weighted by Gasteiger charge is 2.32. The number of halogens is 2. The minimum atomic E-state index is -0.929. The summed E-state index contributed by atoms with van der Waals surface area (Å²) in [5.74, 6) is -0.768. The molecule has 2 rings (SSSR count). The maximum Gasteiger partial charge on any atom is 0.226 e. The highest BCUT2D eigenvalue weighted by atomic mass is 35.5. The molecule has 1 heterocycles. The standard InChI is InChI=1S/C15H19ClFNO3/c1-18(10-15(20)5-7-21-8-6-15)14(19)9-11-12(16)3-2-4-13(11)17/h2-4,20H,5-10H2,1H3. The van der Waals surface area contributed by atoms with Gasteiger partial charge < -0.3 is 14.7 Å². The van der Waals surface area contributed by atoms with Crippen LogP contribution in [0.25, 0.3) is 0 Å². The van der Waals surface area contributed by atoms with Gasteiger partial charge in [0, 0.05) is 50.2 Å². The van der Waals surface area contributed by atoms with Crippen molar-refractivity contribution in [2.45, 2.75) is 24.9 Å². The molecule has 1 aliphatic heterocycles. The Morgan fingerprint density at radius 2 is 2.14 bits per heavy atom. The maximum absolute atomic E-state index is 13.7. The first kappa shape index (κ1) is 16.2. The quantitative estimate of drug-likeness (QED) is 0.925. The monoisotopic (exact) mass is 315 g/mol. The van der Waals surface area contributed by atoms with Gasteiger partial charge in [0.25, 0.3) is 0 Å². The lowest BCUT2D eigenvalue weighted by Crippen LogP contribution is -2.47. The second-order valence-electron chi connectivity index (χ2n) is 5.46. The zero-order valence-corrected chi connectivity index (χ0v) is 12.7. The van der Waals surface area contributed by atoms with Crippen LogP contribution in [-0.4, -0.2) is 48.3 Å². The fourth-order valence-corrected chi connectivity index (χ4v) is 2.66. The molecule has 0 bridgehead atoms. The van der Waals surface area contributed by atoms with Crippen molar-refractivity contribution in [2.75, 3.05) is 26.8 Å². The zero-order valence-electron chi connectivity index (χ0n) is 11.9. The van der Waals surface area contributed by atoms with Gasteiger partial charge in [0.05, 0.1) is 12.0 Å². The predicted octanol–water partition coefficient (Wildman–Crippen LogP) is 2.02. The van der Waals surface area contributed by atoms with Crippen molar-refractivity contribution in [1.29, 1.82) is 0 Å².